The third-order valence-electron chi connectivity index (χ3n) is 3.58. The van der Waals surface area contributed by atoms with Crippen LogP contribution in [0.5, 0.6) is 0 Å². The summed E-state index contributed by atoms with van der Waals surface area (Å²) < 4.78 is 0. The van der Waals surface area contributed by atoms with Gasteiger partial charge in [0.15, 0.2) is 0 Å². The molecule has 3 unspecified atom stereocenters. The number of nitrogens with one attached hydrogen (secondary N) is 3. The van der Waals surface area contributed by atoms with Crippen LogP contribution in [0.1, 0.15) is 26.7 Å². The summed E-state index contributed by atoms with van der Waals surface area (Å²) in [6, 6.07) is 0.239. The number of hydrogen-bond acceptors (Lipinski definition) is 3. The highest BCUT2D eigenvalue weighted by atomic mass is 16.2. The van der Waals surface area contributed by atoms with Crippen LogP contribution in [0.4, 0.5) is 4.79 Å². The van der Waals surface area contributed by atoms with E-state index in [1.165, 1.54) is 0 Å². The number of rotatable bonds is 3. The second-order valence-corrected chi connectivity index (χ2v) is 4.54. The predicted molar refractivity (Wildman–Crippen MR) is 66.1 cm³/mol. The van der Waals surface area contributed by atoms with Crippen LogP contribution in [0, 0.1) is 12.3 Å². The van der Waals surface area contributed by atoms with Crippen molar-refractivity contribution in [2.75, 3.05) is 6.54 Å². The summed E-state index contributed by atoms with van der Waals surface area (Å²) in [4.78, 5) is 13.9. The first-order valence-electron chi connectivity index (χ1n) is 6.25. The Kier molecular flexibility index (Phi) is 3.55. The molecule has 2 fully saturated rings. The van der Waals surface area contributed by atoms with Gasteiger partial charge >= 0.3 is 6.03 Å². The van der Waals surface area contributed by atoms with E-state index in [1.54, 1.807) is 0 Å². The molecule has 0 aromatic carbocycles. The molecule has 0 bridgehead atoms. The minimum atomic E-state index is -0.0396. The topological polar surface area (TPSA) is 56.4 Å². The fraction of sp³-hybridized carbons (Fsp3) is 0.750. The normalized spacial score (nSPS) is 32.2. The average Bonchev–Trinajstić information content (AvgIpc) is 2.67. The molecule has 0 radical (unpaired) electrons. The van der Waals surface area contributed by atoms with Gasteiger partial charge in [-0.1, -0.05) is 19.8 Å². The lowest BCUT2D eigenvalue weighted by Gasteiger charge is -2.37. The Balaban J connectivity index is 2.15. The Labute approximate surface area is 102 Å². The standard InChI is InChI=1S/C12H20N4O/c1-4-8-7-13-10-11(14-8)16(12(17)15-10)9(5-2)6-3/h1,8-11,13-14H,5-7H2,2-3H3,(H,15,17). The number of fused-ring (bicyclic) bond motifs is 1. The number of carbonyl (C=O) groups excluding carboxylic acids is 1. The SMILES string of the molecule is C#CC1CNC2NC(=O)N(C(CC)CC)C2N1. The van der Waals surface area contributed by atoms with Gasteiger partial charge in [0, 0.05) is 12.6 Å². The molecule has 94 valence electrons. The molecule has 5 heteroatoms. The lowest BCUT2D eigenvalue weighted by molar-refractivity contribution is 0.127. The van der Waals surface area contributed by atoms with Crippen molar-refractivity contribution in [2.24, 2.45) is 0 Å². The van der Waals surface area contributed by atoms with Gasteiger partial charge in [0.25, 0.3) is 0 Å². The highest BCUT2D eigenvalue weighted by Gasteiger charge is 2.44. The van der Waals surface area contributed by atoms with Gasteiger partial charge < -0.3 is 10.2 Å². The molecule has 0 spiro atoms. The van der Waals surface area contributed by atoms with Crippen LogP contribution in [0.2, 0.25) is 0 Å². The van der Waals surface area contributed by atoms with Crippen molar-refractivity contribution in [2.45, 2.75) is 51.1 Å². The zero-order valence-electron chi connectivity index (χ0n) is 10.4. The van der Waals surface area contributed by atoms with Gasteiger partial charge in [0.2, 0.25) is 0 Å². The molecular weight excluding hydrogens is 216 g/mol. The third-order valence-corrected chi connectivity index (χ3v) is 3.58. The first-order chi connectivity index (χ1) is 8.21. The fourth-order valence-corrected chi connectivity index (χ4v) is 2.60. The zero-order valence-corrected chi connectivity index (χ0v) is 10.4. The Hall–Kier alpha value is -1.25. The molecule has 2 rings (SSSR count). The Morgan fingerprint density at radius 1 is 1.53 bits per heavy atom. The highest BCUT2D eigenvalue weighted by Crippen LogP contribution is 2.20. The summed E-state index contributed by atoms with van der Waals surface area (Å²) >= 11 is 0. The summed E-state index contributed by atoms with van der Waals surface area (Å²) in [6.07, 6.45) is 7.26. The molecule has 2 aliphatic heterocycles. The van der Waals surface area contributed by atoms with Crippen molar-refractivity contribution in [1.82, 2.24) is 20.9 Å². The van der Waals surface area contributed by atoms with E-state index in [4.69, 9.17) is 6.42 Å². The molecule has 3 atom stereocenters. The Bertz CT molecular complexity index is 334. The van der Waals surface area contributed by atoms with Crippen LogP contribution in [-0.4, -0.2) is 41.9 Å². The molecule has 17 heavy (non-hydrogen) atoms. The quantitative estimate of drug-likeness (QED) is 0.607. The van der Waals surface area contributed by atoms with E-state index in [9.17, 15) is 4.79 Å². The minimum Gasteiger partial charge on any atom is -0.319 e. The van der Waals surface area contributed by atoms with E-state index in [1.807, 2.05) is 4.90 Å². The summed E-state index contributed by atoms with van der Waals surface area (Å²) in [5.74, 6) is 2.69. The molecule has 0 aliphatic carbocycles. The Morgan fingerprint density at radius 2 is 2.24 bits per heavy atom. The zero-order chi connectivity index (χ0) is 12.4. The number of piperazine rings is 1. The maximum absolute atomic E-state index is 12.0. The van der Waals surface area contributed by atoms with Crippen LogP contribution >= 0.6 is 0 Å². The fourth-order valence-electron chi connectivity index (χ4n) is 2.60. The first-order valence-corrected chi connectivity index (χ1v) is 6.25. The van der Waals surface area contributed by atoms with Crippen LogP contribution in [0.15, 0.2) is 0 Å². The van der Waals surface area contributed by atoms with Crippen LogP contribution < -0.4 is 16.0 Å². The third kappa shape index (κ3) is 2.11. The largest absolute Gasteiger partial charge is 0.320 e. The highest BCUT2D eigenvalue weighted by molar-refractivity contribution is 5.78. The van der Waals surface area contributed by atoms with E-state index < -0.39 is 0 Å². The minimum absolute atomic E-state index is 0.00799. The van der Waals surface area contributed by atoms with Crippen LogP contribution in [0.25, 0.3) is 0 Å². The molecule has 0 aromatic rings. The number of urea groups is 1. The van der Waals surface area contributed by atoms with Crippen LogP contribution in [0.3, 0.4) is 0 Å². The molecule has 5 nitrogen and oxygen atoms in total. The Morgan fingerprint density at radius 3 is 2.82 bits per heavy atom. The summed E-state index contributed by atoms with van der Waals surface area (Å²) in [5, 5.41) is 9.55. The second kappa shape index (κ2) is 4.94. The molecule has 0 aromatic heterocycles. The number of terminal acetylenes is 1. The van der Waals surface area contributed by atoms with Gasteiger partial charge in [0.1, 0.15) is 12.3 Å². The molecule has 0 saturated carbocycles. The monoisotopic (exact) mass is 236 g/mol. The molecule has 2 saturated heterocycles. The maximum Gasteiger partial charge on any atom is 0.320 e. The van der Waals surface area contributed by atoms with Gasteiger partial charge in [-0.25, -0.2) is 4.79 Å². The summed E-state index contributed by atoms with van der Waals surface area (Å²) in [5.41, 5.74) is 0. The van der Waals surface area contributed by atoms with Gasteiger partial charge in [-0.15, -0.1) is 6.42 Å². The van der Waals surface area contributed by atoms with Gasteiger partial charge in [-0.05, 0) is 12.8 Å². The van der Waals surface area contributed by atoms with E-state index in [2.05, 4.69) is 35.7 Å². The maximum atomic E-state index is 12.0. The van der Waals surface area contributed by atoms with Crippen molar-refractivity contribution >= 4 is 6.03 Å². The smallest absolute Gasteiger partial charge is 0.319 e. The lowest BCUT2D eigenvalue weighted by atomic mass is 10.1. The second-order valence-electron chi connectivity index (χ2n) is 4.54. The van der Waals surface area contributed by atoms with Crippen molar-refractivity contribution in [3.8, 4) is 12.3 Å². The number of hydrogen-bond donors (Lipinski definition) is 3. The molecule has 2 amide bonds. The lowest BCUT2D eigenvalue weighted by Crippen LogP contribution is -2.65. The number of nitrogens with zero attached hydrogens (tertiary/aromatic N) is 1. The van der Waals surface area contributed by atoms with Gasteiger partial charge in [0.05, 0.1) is 6.04 Å². The molecule has 3 N–H and O–H groups in total. The van der Waals surface area contributed by atoms with Crippen molar-refractivity contribution in [1.29, 1.82) is 0 Å². The van der Waals surface area contributed by atoms with Crippen molar-refractivity contribution in [3.63, 3.8) is 0 Å². The van der Waals surface area contributed by atoms with Crippen molar-refractivity contribution in [3.05, 3.63) is 0 Å². The van der Waals surface area contributed by atoms with Crippen molar-refractivity contribution < 1.29 is 4.79 Å². The predicted octanol–water partition coefficient (Wildman–Crippen LogP) is 0.0470. The van der Waals surface area contributed by atoms with E-state index >= 15 is 0 Å². The summed E-state index contributed by atoms with van der Waals surface area (Å²) in [6.45, 7) is 4.89. The van der Waals surface area contributed by atoms with Crippen LogP contribution in [-0.2, 0) is 0 Å². The van der Waals surface area contributed by atoms with Gasteiger partial charge in [-0.2, -0.15) is 0 Å². The van der Waals surface area contributed by atoms with Gasteiger partial charge in [-0.3, -0.25) is 10.6 Å². The first kappa shape index (κ1) is 12.2. The van der Waals surface area contributed by atoms with E-state index in [0.717, 1.165) is 12.8 Å². The number of amides is 2. The average molecular weight is 236 g/mol. The number of carbonyl (C=O) groups is 1. The molecule has 2 heterocycles. The van der Waals surface area contributed by atoms with E-state index in [0.29, 0.717) is 6.54 Å². The molecular formula is C12H20N4O. The molecule has 2 aliphatic rings. The summed E-state index contributed by atoms with van der Waals surface area (Å²) in [7, 11) is 0. The van der Waals surface area contributed by atoms with E-state index in [-0.39, 0.29) is 30.4 Å².